The Morgan fingerprint density at radius 2 is 1.82 bits per heavy atom. The summed E-state index contributed by atoms with van der Waals surface area (Å²) in [6.45, 7) is -0.395. The number of benzene rings is 2. The van der Waals surface area contributed by atoms with Crippen LogP contribution in [0.25, 0.3) is 5.76 Å². The van der Waals surface area contributed by atoms with Crippen LogP contribution in [0.1, 0.15) is 17.2 Å². The van der Waals surface area contributed by atoms with Crippen LogP contribution in [0.2, 0.25) is 10.0 Å². The molecule has 0 aromatic heterocycles. The van der Waals surface area contributed by atoms with Gasteiger partial charge in [-0.05, 0) is 35.9 Å². The number of aliphatic hydroxyl groups excluding tert-OH is 2. The second-order valence-electron chi connectivity index (χ2n) is 6.11. The summed E-state index contributed by atoms with van der Waals surface area (Å²) in [5, 5.41) is 20.7. The molecule has 0 bridgehead atoms. The molecule has 0 saturated carbocycles. The average molecular weight is 422 g/mol. The van der Waals surface area contributed by atoms with Crippen molar-refractivity contribution in [2.75, 3.05) is 20.3 Å². The summed E-state index contributed by atoms with van der Waals surface area (Å²) in [6, 6.07) is 10.3. The van der Waals surface area contributed by atoms with Gasteiger partial charge in [-0.1, -0.05) is 35.3 Å². The van der Waals surface area contributed by atoms with Crippen LogP contribution in [0.15, 0.2) is 48.0 Å². The predicted octanol–water partition coefficient (Wildman–Crippen LogP) is 3.42. The molecule has 0 radical (unpaired) electrons. The van der Waals surface area contributed by atoms with Gasteiger partial charge in [0.05, 0.1) is 30.4 Å². The summed E-state index contributed by atoms with van der Waals surface area (Å²) in [4.78, 5) is 26.5. The molecule has 1 saturated heterocycles. The number of hydrogen-bond donors (Lipinski definition) is 2. The minimum Gasteiger partial charge on any atom is -0.507 e. The van der Waals surface area contributed by atoms with E-state index in [1.54, 1.807) is 24.3 Å². The first-order valence-electron chi connectivity index (χ1n) is 8.37. The molecule has 146 valence electrons. The third kappa shape index (κ3) is 3.58. The Morgan fingerprint density at radius 1 is 1.14 bits per heavy atom. The van der Waals surface area contributed by atoms with Crippen molar-refractivity contribution in [3.05, 3.63) is 69.2 Å². The van der Waals surface area contributed by atoms with Gasteiger partial charge in [0.1, 0.15) is 11.5 Å². The van der Waals surface area contributed by atoms with Crippen LogP contribution in [0, 0.1) is 0 Å². The fraction of sp³-hybridized carbons (Fsp3) is 0.200. The molecule has 0 aliphatic carbocycles. The van der Waals surface area contributed by atoms with E-state index in [0.29, 0.717) is 16.3 Å². The van der Waals surface area contributed by atoms with E-state index in [1.807, 2.05) is 0 Å². The van der Waals surface area contributed by atoms with Gasteiger partial charge in [0.15, 0.2) is 0 Å². The third-order valence-corrected chi connectivity index (χ3v) is 5.05. The molecule has 2 aromatic carbocycles. The maximum atomic E-state index is 12.7. The molecule has 0 spiro atoms. The van der Waals surface area contributed by atoms with Crippen molar-refractivity contribution in [3.8, 4) is 5.75 Å². The lowest BCUT2D eigenvalue weighted by Crippen LogP contribution is -2.32. The van der Waals surface area contributed by atoms with E-state index in [4.69, 9.17) is 27.9 Å². The van der Waals surface area contributed by atoms with E-state index in [2.05, 4.69) is 0 Å². The molecule has 1 amide bonds. The first-order valence-corrected chi connectivity index (χ1v) is 9.13. The Kier molecular flexibility index (Phi) is 5.93. The number of rotatable bonds is 5. The van der Waals surface area contributed by atoms with Crippen LogP contribution in [0.4, 0.5) is 0 Å². The van der Waals surface area contributed by atoms with Gasteiger partial charge in [-0.25, -0.2) is 0 Å². The number of ether oxygens (including phenoxy) is 1. The number of nitrogens with zero attached hydrogens (tertiary/aromatic N) is 1. The molecule has 1 heterocycles. The lowest BCUT2D eigenvalue weighted by molar-refractivity contribution is -0.140. The van der Waals surface area contributed by atoms with Crippen molar-refractivity contribution in [2.45, 2.75) is 6.04 Å². The highest BCUT2D eigenvalue weighted by Gasteiger charge is 2.45. The Labute approximate surface area is 171 Å². The summed E-state index contributed by atoms with van der Waals surface area (Å²) in [5.41, 5.74) is 0.666. The quantitative estimate of drug-likeness (QED) is 0.438. The molecule has 1 aliphatic rings. The first-order chi connectivity index (χ1) is 13.4. The molecular weight excluding hydrogens is 405 g/mol. The SMILES string of the molecule is COc1ccc([C@H]2C(=C(O)c3ccc(Cl)cc3Cl)C(=O)C(=O)N2CCO)cc1. The highest BCUT2D eigenvalue weighted by Crippen LogP contribution is 2.40. The van der Waals surface area contributed by atoms with Crippen molar-refractivity contribution in [2.24, 2.45) is 0 Å². The second-order valence-corrected chi connectivity index (χ2v) is 6.96. The third-order valence-electron chi connectivity index (χ3n) is 4.50. The number of aliphatic hydroxyl groups is 2. The molecule has 3 rings (SSSR count). The van der Waals surface area contributed by atoms with Gasteiger partial charge in [-0.2, -0.15) is 0 Å². The number of likely N-dealkylation sites (tertiary alicyclic amines) is 1. The number of halogens is 2. The van der Waals surface area contributed by atoms with Crippen molar-refractivity contribution >= 4 is 40.7 Å². The number of ketones is 1. The Balaban J connectivity index is 2.19. The van der Waals surface area contributed by atoms with Gasteiger partial charge in [-0.3, -0.25) is 9.59 Å². The van der Waals surface area contributed by atoms with E-state index in [-0.39, 0.29) is 29.3 Å². The molecule has 1 aliphatic heterocycles. The smallest absolute Gasteiger partial charge is 0.295 e. The molecule has 0 unspecified atom stereocenters. The molecule has 2 N–H and O–H groups in total. The van der Waals surface area contributed by atoms with Crippen molar-refractivity contribution in [1.29, 1.82) is 0 Å². The summed E-state index contributed by atoms with van der Waals surface area (Å²) < 4.78 is 5.14. The molecular formula is C20H17Cl2NO5. The predicted molar refractivity (Wildman–Crippen MR) is 106 cm³/mol. The van der Waals surface area contributed by atoms with Gasteiger partial charge in [0, 0.05) is 17.1 Å². The topological polar surface area (TPSA) is 87.1 Å². The minimum absolute atomic E-state index is 0.0631. The molecule has 8 heteroatoms. The van der Waals surface area contributed by atoms with Crippen LogP contribution < -0.4 is 4.74 Å². The van der Waals surface area contributed by atoms with Crippen LogP contribution in [0.3, 0.4) is 0 Å². The lowest BCUT2D eigenvalue weighted by Gasteiger charge is -2.24. The minimum atomic E-state index is -0.871. The van der Waals surface area contributed by atoms with E-state index in [0.717, 1.165) is 0 Å². The molecule has 1 fully saturated rings. The van der Waals surface area contributed by atoms with Gasteiger partial charge in [0.2, 0.25) is 0 Å². The summed E-state index contributed by atoms with van der Waals surface area (Å²) in [5.74, 6) is -1.45. The Morgan fingerprint density at radius 3 is 2.39 bits per heavy atom. The largest absolute Gasteiger partial charge is 0.507 e. The van der Waals surface area contributed by atoms with Crippen LogP contribution in [0.5, 0.6) is 5.75 Å². The fourth-order valence-electron chi connectivity index (χ4n) is 3.18. The average Bonchev–Trinajstić information content (AvgIpc) is 2.93. The maximum Gasteiger partial charge on any atom is 0.295 e. The second kappa shape index (κ2) is 8.22. The fourth-order valence-corrected chi connectivity index (χ4v) is 3.68. The van der Waals surface area contributed by atoms with Crippen molar-refractivity contribution in [3.63, 3.8) is 0 Å². The zero-order valence-corrected chi connectivity index (χ0v) is 16.4. The number of amides is 1. The first kappa shape index (κ1) is 20.2. The zero-order chi connectivity index (χ0) is 20.4. The van der Waals surface area contributed by atoms with Gasteiger partial charge < -0.3 is 19.8 Å². The Hall–Kier alpha value is -2.54. The number of hydrogen-bond acceptors (Lipinski definition) is 5. The number of methoxy groups -OCH3 is 1. The van der Waals surface area contributed by atoms with Crippen LogP contribution in [-0.2, 0) is 9.59 Å². The number of carbonyl (C=O) groups excluding carboxylic acids is 2. The molecule has 2 aromatic rings. The molecule has 6 nitrogen and oxygen atoms in total. The van der Waals surface area contributed by atoms with E-state index >= 15 is 0 Å². The Bertz CT molecular complexity index is 956. The zero-order valence-electron chi connectivity index (χ0n) is 14.9. The van der Waals surface area contributed by atoms with Gasteiger partial charge in [0.25, 0.3) is 11.7 Å². The normalized spacial score (nSPS) is 18.6. The van der Waals surface area contributed by atoms with Gasteiger partial charge >= 0.3 is 0 Å². The number of β-amino-alcohol motifs (C(OH)–C–C–N with tert-alkyl or cyclic N) is 1. The monoisotopic (exact) mass is 421 g/mol. The van der Waals surface area contributed by atoms with E-state index < -0.39 is 23.5 Å². The van der Waals surface area contributed by atoms with Crippen LogP contribution >= 0.6 is 23.2 Å². The maximum absolute atomic E-state index is 12.7. The summed E-state index contributed by atoms with van der Waals surface area (Å²) >= 11 is 12.1. The number of carbonyl (C=O) groups is 2. The highest BCUT2D eigenvalue weighted by molar-refractivity contribution is 6.47. The van der Waals surface area contributed by atoms with E-state index in [9.17, 15) is 19.8 Å². The van der Waals surface area contributed by atoms with E-state index in [1.165, 1.54) is 30.2 Å². The van der Waals surface area contributed by atoms with Crippen molar-refractivity contribution in [1.82, 2.24) is 4.90 Å². The molecule has 1 atom stereocenters. The summed E-state index contributed by atoms with van der Waals surface area (Å²) in [6.07, 6.45) is 0. The lowest BCUT2D eigenvalue weighted by atomic mass is 9.95. The molecule has 28 heavy (non-hydrogen) atoms. The standard InChI is InChI=1S/C20H17Cl2NO5/c1-28-13-5-2-11(3-6-13)17-16(19(26)20(27)23(17)8-9-24)18(25)14-7-4-12(21)10-15(14)22/h2-7,10,17,24-25H,8-9H2,1H3/t17-/m0/s1. The van der Waals surface area contributed by atoms with Crippen molar-refractivity contribution < 1.29 is 24.5 Å². The number of Topliss-reactive ketones (excluding diaryl/α,β-unsaturated/α-hetero) is 1. The highest BCUT2D eigenvalue weighted by atomic mass is 35.5. The van der Waals surface area contributed by atoms with Crippen LogP contribution in [-0.4, -0.2) is 47.1 Å². The summed E-state index contributed by atoms with van der Waals surface area (Å²) in [7, 11) is 1.52. The van der Waals surface area contributed by atoms with Gasteiger partial charge in [-0.15, -0.1) is 0 Å².